The molecule has 1 aliphatic rings. The minimum atomic E-state index is -0.171. The molecule has 2 rings (SSSR count). The number of amides is 1. The van der Waals surface area contributed by atoms with Crippen LogP contribution in [-0.4, -0.2) is 30.2 Å². The standard InChI is InChI=1S/C7H9N3O2/c11-7(6-1-2-12-10-6)9-5-3-8-4-5/h1-2,5,8H,3-4H2,(H,9,11). The number of rotatable bonds is 2. The van der Waals surface area contributed by atoms with E-state index in [0.717, 1.165) is 13.1 Å². The van der Waals surface area contributed by atoms with Crippen LogP contribution in [0.5, 0.6) is 0 Å². The summed E-state index contributed by atoms with van der Waals surface area (Å²) in [5.41, 5.74) is 0.335. The Labute approximate surface area is 69.1 Å². The summed E-state index contributed by atoms with van der Waals surface area (Å²) in [5, 5.41) is 9.37. The number of nitrogens with one attached hydrogen (secondary N) is 2. The van der Waals surface area contributed by atoms with E-state index in [1.165, 1.54) is 6.26 Å². The Morgan fingerprint density at radius 2 is 2.58 bits per heavy atom. The molecule has 1 aromatic heterocycles. The van der Waals surface area contributed by atoms with Gasteiger partial charge in [-0.05, 0) is 0 Å². The van der Waals surface area contributed by atoms with Gasteiger partial charge in [-0.3, -0.25) is 4.79 Å². The first-order valence-corrected chi connectivity index (χ1v) is 3.78. The first-order valence-electron chi connectivity index (χ1n) is 3.78. The molecular weight excluding hydrogens is 158 g/mol. The van der Waals surface area contributed by atoms with Crippen molar-refractivity contribution < 1.29 is 9.32 Å². The second-order valence-corrected chi connectivity index (χ2v) is 2.71. The van der Waals surface area contributed by atoms with Crippen molar-refractivity contribution in [1.82, 2.24) is 15.8 Å². The average molecular weight is 167 g/mol. The fraction of sp³-hybridized carbons (Fsp3) is 0.429. The maximum absolute atomic E-state index is 11.2. The molecule has 0 unspecified atom stereocenters. The van der Waals surface area contributed by atoms with Gasteiger partial charge in [-0.2, -0.15) is 0 Å². The molecule has 0 atom stereocenters. The van der Waals surface area contributed by atoms with Gasteiger partial charge in [0.15, 0.2) is 5.69 Å². The minimum Gasteiger partial charge on any atom is -0.364 e. The van der Waals surface area contributed by atoms with Crippen LogP contribution in [0, 0.1) is 0 Å². The zero-order valence-electron chi connectivity index (χ0n) is 6.41. The van der Waals surface area contributed by atoms with Crippen LogP contribution < -0.4 is 10.6 Å². The molecule has 2 heterocycles. The van der Waals surface area contributed by atoms with Gasteiger partial charge in [0, 0.05) is 19.2 Å². The average Bonchev–Trinajstić information content (AvgIpc) is 2.47. The van der Waals surface area contributed by atoms with Gasteiger partial charge < -0.3 is 15.2 Å². The second kappa shape index (κ2) is 2.94. The summed E-state index contributed by atoms with van der Waals surface area (Å²) in [5.74, 6) is -0.171. The van der Waals surface area contributed by atoms with E-state index in [1.54, 1.807) is 6.07 Å². The highest BCUT2D eigenvalue weighted by Crippen LogP contribution is 1.97. The molecule has 2 N–H and O–H groups in total. The molecule has 0 saturated carbocycles. The van der Waals surface area contributed by atoms with E-state index in [9.17, 15) is 4.79 Å². The molecule has 1 amide bonds. The molecule has 5 heteroatoms. The molecule has 1 aliphatic heterocycles. The van der Waals surface area contributed by atoms with E-state index in [0.29, 0.717) is 5.69 Å². The fourth-order valence-corrected chi connectivity index (χ4v) is 0.980. The lowest BCUT2D eigenvalue weighted by molar-refractivity contribution is 0.0914. The van der Waals surface area contributed by atoms with Gasteiger partial charge in [0.05, 0.1) is 6.04 Å². The number of hydrogen-bond donors (Lipinski definition) is 2. The molecule has 0 aliphatic carbocycles. The molecule has 1 aromatic rings. The summed E-state index contributed by atoms with van der Waals surface area (Å²) in [6, 6.07) is 1.79. The quantitative estimate of drug-likeness (QED) is 0.615. The molecule has 0 aromatic carbocycles. The fourth-order valence-electron chi connectivity index (χ4n) is 0.980. The topological polar surface area (TPSA) is 67.2 Å². The van der Waals surface area contributed by atoms with Gasteiger partial charge in [-0.1, -0.05) is 5.16 Å². The highest BCUT2D eigenvalue weighted by Gasteiger charge is 2.20. The summed E-state index contributed by atoms with van der Waals surface area (Å²) in [4.78, 5) is 11.2. The van der Waals surface area contributed by atoms with Crippen LogP contribution >= 0.6 is 0 Å². The summed E-state index contributed by atoms with van der Waals surface area (Å²) < 4.78 is 4.54. The van der Waals surface area contributed by atoms with Crippen molar-refractivity contribution in [2.45, 2.75) is 6.04 Å². The predicted octanol–water partition coefficient (Wildman–Crippen LogP) is -0.624. The second-order valence-electron chi connectivity index (χ2n) is 2.71. The molecular formula is C7H9N3O2. The van der Waals surface area contributed by atoms with Gasteiger partial charge in [0.2, 0.25) is 0 Å². The predicted molar refractivity (Wildman–Crippen MR) is 40.6 cm³/mol. The van der Waals surface area contributed by atoms with Gasteiger partial charge in [-0.15, -0.1) is 0 Å². The Balaban J connectivity index is 1.92. The number of carbonyl (C=O) groups excluding carboxylic acids is 1. The highest BCUT2D eigenvalue weighted by molar-refractivity contribution is 5.92. The molecule has 0 bridgehead atoms. The van der Waals surface area contributed by atoms with Gasteiger partial charge in [-0.25, -0.2) is 0 Å². The lowest BCUT2D eigenvalue weighted by Crippen LogP contribution is -2.56. The lowest BCUT2D eigenvalue weighted by Gasteiger charge is -2.27. The van der Waals surface area contributed by atoms with E-state index >= 15 is 0 Å². The first kappa shape index (κ1) is 7.30. The van der Waals surface area contributed by atoms with E-state index in [-0.39, 0.29) is 11.9 Å². The Kier molecular flexibility index (Phi) is 1.79. The number of carbonyl (C=O) groups is 1. The van der Waals surface area contributed by atoms with Crippen LogP contribution in [0.2, 0.25) is 0 Å². The van der Waals surface area contributed by atoms with Crippen molar-refractivity contribution in [3.05, 3.63) is 18.0 Å². The van der Waals surface area contributed by atoms with E-state index in [1.807, 2.05) is 0 Å². The van der Waals surface area contributed by atoms with Crippen molar-refractivity contribution >= 4 is 5.91 Å². The summed E-state index contributed by atoms with van der Waals surface area (Å²) in [6.45, 7) is 1.67. The third-order valence-electron chi connectivity index (χ3n) is 1.79. The Morgan fingerprint density at radius 3 is 3.08 bits per heavy atom. The van der Waals surface area contributed by atoms with Gasteiger partial charge >= 0.3 is 0 Å². The van der Waals surface area contributed by atoms with Crippen LogP contribution in [0.1, 0.15) is 10.5 Å². The number of aromatic nitrogens is 1. The molecule has 1 fully saturated rings. The Morgan fingerprint density at radius 1 is 1.75 bits per heavy atom. The third kappa shape index (κ3) is 1.31. The molecule has 1 saturated heterocycles. The lowest BCUT2D eigenvalue weighted by atomic mass is 10.2. The molecule has 0 spiro atoms. The van der Waals surface area contributed by atoms with Crippen LogP contribution in [0.25, 0.3) is 0 Å². The monoisotopic (exact) mass is 167 g/mol. The van der Waals surface area contributed by atoms with Crippen molar-refractivity contribution in [2.75, 3.05) is 13.1 Å². The van der Waals surface area contributed by atoms with Crippen molar-refractivity contribution in [2.24, 2.45) is 0 Å². The van der Waals surface area contributed by atoms with E-state index < -0.39 is 0 Å². The Hall–Kier alpha value is -1.36. The zero-order valence-corrected chi connectivity index (χ0v) is 6.41. The number of hydrogen-bond acceptors (Lipinski definition) is 4. The van der Waals surface area contributed by atoms with Gasteiger partial charge in [0.25, 0.3) is 5.91 Å². The minimum absolute atomic E-state index is 0.171. The van der Waals surface area contributed by atoms with E-state index in [4.69, 9.17) is 0 Å². The first-order chi connectivity index (χ1) is 5.86. The third-order valence-corrected chi connectivity index (χ3v) is 1.79. The van der Waals surface area contributed by atoms with E-state index in [2.05, 4.69) is 20.3 Å². The molecule has 64 valence electrons. The van der Waals surface area contributed by atoms with Crippen LogP contribution in [-0.2, 0) is 0 Å². The van der Waals surface area contributed by atoms with Crippen molar-refractivity contribution in [3.8, 4) is 0 Å². The summed E-state index contributed by atoms with van der Waals surface area (Å²) >= 11 is 0. The molecule has 5 nitrogen and oxygen atoms in total. The van der Waals surface area contributed by atoms with Gasteiger partial charge in [0.1, 0.15) is 6.26 Å². The van der Waals surface area contributed by atoms with Crippen LogP contribution in [0.3, 0.4) is 0 Å². The number of nitrogens with zero attached hydrogens (tertiary/aromatic N) is 1. The molecule has 0 radical (unpaired) electrons. The highest BCUT2D eigenvalue weighted by atomic mass is 16.5. The maximum Gasteiger partial charge on any atom is 0.273 e. The van der Waals surface area contributed by atoms with Crippen LogP contribution in [0.15, 0.2) is 16.9 Å². The Bertz CT molecular complexity index is 266. The maximum atomic E-state index is 11.2. The molecule has 12 heavy (non-hydrogen) atoms. The van der Waals surface area contributed by atoms with Crippen molar-refractivity contribution in [3.63, 3.8) is 0 Å². The zero-order chi connectivity index (χ0) is 8.39. The SMILES string of the molecule is O=C(NC1CNC1)c1ccon1. The van der Waals surface area contributed by atoms with Crippen LogP contribution in [0.4, 0.5) is 0 Å². The summed E-state index contributed by atoms with van der Waals surface area (Å²) in [7, 11) is 0. The normalized spacial score (nSPS) is 17.0. The smallest absolute Gasteiger partial charge is 0.273 e. The largest absolute Gasteiger partial charge is 0.364 e. The van der Waals surface area contributed by atoms with Crippen molar-refractivity contribution in [1.29, 1.82) is 0 Å². The summed E-state index contributed by atoms with van der Waals surface area (Å²) in [6.07, 6.45) is 1.38.